The summed E-state index contributed by atoms with van der Waals surface area (Å²) in [5, 5.41) is 10.2. The molecule has 0 bridgehead atoms. The molecule has 15 heavy (non-hydrogen) atoms. The minimum atomic E-state index is 0.00806. The molecule has 1 N–H and O–H groups in total. The summed E-state index contributed by atoms with van der Waals surface area (Å²) < 4.78 is 0. The molecule has 1 unspecified atom stereocenters. The first-order chi connectivity index (χ1) is 7.24. The maximum absolute atomic E-state index is 9.44. The normalized spacial score (nSPS) is 13.1. The molecule has 0 radical (unpaired) electrons. The highest BCUT2D eigenvalue weighted by atomic mass is 35.5. The van der Waals surface area contributed by atoms with Gasteiger partial charge in [0.2, 0.25) is 0 Å². The summed E-state index contributed by atoms with van der Waals surface area (Å²) in [5.41, 5.74) is 1.00. The SMILES string of the molecule is CCN(CC)C(CO)c1ccccc1Cl. The van der Waals surface area contributed by atoms with Gasteiger partial charge in [-0.3, -0.25) is 4.90 Å². The molecule has 3 heteroatoms. The molecule has 0 saturated carbocycles. The lowest BCUT2D eigenvalue weighted by molar-refractivity contribution is 0.134. The average Bonchev–Trinajstić information content (AvgIpc) is 2.27. The van der Waals surface area contributed by atoms with Gasteiger partial charge in [0.1, 0.15) is 0 Å². The molecule has 1 aromatic rings. The third-order valence-corrected chi connectivity index (χ3v) is 3.03. The first-order valence-electron chi connectivity index (χ1n) is 5.33. The second kappa shape index (κ2) is 6.11. The zero-order valence-electron chi connectivity index (χ0n) is 9.28. The van der Waals surface area contributed by atoms with Gasteiger partial charge in [0.25, 0.3) is 0 Å². The van der Waals surface area contributed by atoms with Crippen LogP contribution in [0.1, 0.15) is 25.5 Å². The van der Waals surface area contributed by atoms with E-state index in [1.165, 1.54) is 0 Å². The number of hydrogen-bond acceptors (Lipinski definition) is 2. The monoisotopic (exact) mass is 227 g/mol. The van der Waals surface area contributed by atoms with E-state index in [2.05, 4.69) is 18.7 Å². The van der Waals surface area contributed by atoms with Gasteiger partial charge in [-0.25, -0.2) is 0 Å². The van der Waals surface area contributed by atoms with Crippen molar-refractivity contribution in [2.75, 3.05) is 19.7 Å². The Morgan fingerprint density at radius 1 is 1.27 bits per heavy atom. The van der Waals surface area contributed by atoms with Crippen molar-refractivity contribution in [1.29, 1.82) is 0 Å². The molecule has 0 heterocycles. The number of aliphatic hydroxyl groups excluding tert-OH is 1. The standard InChI is InChI=1S/C12H18ClNO/c1-3-14(4-2)12(9-15)10-7-5-6-8-11(10)13/h5-8,12,15H,3-4,9H2,1-2H3. The highest BCUT2D eigenvalue weighted by Crippen LogP contribution is 2.26. The fourth-order valence-electron chi connectivity index (χ4n) is 1.82. The van der Waals surface area contributed by atoms with Gasteiger partial charge < -0.3 is 5.11 Å². The second-order valence-electron chi connectivity index (χ2n) is 3.44. The molecule has 1 rings (SSSR count). The summed E-state index contributed by atoms with van der Waals surface area (Å²) in [6.07, 6.45) is 0. The van der Waals surface area contributed by atoms with Crippen molar-refractivity contribution in [3.8, 4) is 0 Å². The third-order valence-electron chi connectivity index (χ3n) is 2.69. The van der Waals surface area contributed by atoms with E-state index >= 15 is 0 Å². The van der Waals surface area contributed by atoms with Crippen LogP contribution >= 0.6 is 11.6 Å². The molecule has 0 aliphatic rings. The molecule has 0 amide bonds. The van der Waals surface area contributed by atoms with Gasteiger partial charge in [0.15, 0.2) is 0 Å². The van der Waals surface area contributed by atoms with E-state index in [1.807, 2.05) is 24.3 Å². The molecule has 84 valence electrons. The van der Waals surface area contributed by atoms with Crippen LogP contribution in [-0.4, -0.2) is 29.7 Å². The van der Waals surface area contributed by atoms with Crippen LogP contribution in [0.2, 0.25) is 5.02 Å². The number of hydrogen-bond donors (Lipinski definition) is 1. The lowest BCUT2D eigenvalue weighted by Gasteiger charge is -2.28. The number of benzene rings is 1. The fourth-order valence-corrected chi connectivity index (χ4v) is 2.08. The number of nitrogens with zero attached hydrogens (tertiary/aromatic N) is 1. The summed E-state index contributed by atoms with van der Waals surface area (Å²) >= 11 is 6.12. The lowest BCUT2D eigenvalue weighted by Crippen LogP contribution is -2.31. The van der Waals surface area contributed by atoms with Crippen LogP contribution in [0.5, 0.6) is 0 Å². The van der Waals surface area contributed by atoms with Crippen molar-refractivity contribution < 1.29 is 5.11 Å². The molecule has 0 saturated heterocycles. The van der Waals surface area contributed by atoms with Gasteiger partial charge in [-0.15, -0.1) is 0 Å². The predicted octanol–water partition coefficient (Wildman–Crippen LogP) is 2.72. The first kappa shape index (κ1) is 12.5. The van der Waals surface area contributed by atoms with E-state index in [0.717, 1.165) is 23.7 Å². The largest absolute Gasteiger partial charge is 0.394 e. The van der Waals surface area contributed by atoms with Gasteiger partial charge in [-0.05, 0) is 24.7 Å². The van der Waals surface area contributed by atoms with Crippen LogP contribution < -0.4 is 0 Å². The van der Waals surface area contributed by atoms with Crippen LogP contribution in [0, 0.1) is 0 Å². The average molecular weight is 228 g/mol. The van der Waals surface area contributed by atoms with Crippen molar-refractivity contribution in [2.45, 2.75) is 19.9 Å². The first-order valence-corrected chi connectivity index (χ1v) is 5.71. The molecule has 2 nitrogen and oxygen atoms in total. The van der Waals surface area contributed by atoms with E-state index in [1.54, 1.807) is 0 Å². The molecule has 0 aliphatic carbocycles. The molecular weight excluding hydrogens is 210 g/mol. The molecule has 1 atom stereocenters. The van der Waals surface area contributed by atoms with Gasteiger partial charge in [0, 0.05) is 5.02 Å². The molecular formula is C12H18ClNO. The van der Waals surface area contributed by atoms with E-state index in [-0.39, 0.29) is 12.6 Å². The van der Waals surface area contributed by atoms with Crippen molar-refractivity contribution in [3.05, 3.63) is 34.9 Å². The van der Waals surface area contributed by atoms with Crippen molar-refractivity contribution >= 4 is 11.6 Å². The fraction of sp³-hybridized carbons (Fsp3) is 0.500. The van der Waals surface area contributed by atoms with E-state index in [9.17, 15) is 5.11 Å². The van der Waals surface area contributed by atoms with Crippen LogP contribution in [0.3, 0.4) is 0 Å². The minimum absolute atomic E-state index is 0.00806. The molecule has 0 spiro atoms. The van der Waals surface area contributed by atoms with Gasteiger partial charge in [-0.1, -0.05) is 43.6 Å². The maximum atomic E-state index is 9.44. The van der Waals surface area contributed by atoms with Crippen LogP contribution in [0.15, 0.2) is 24.3 Å². The number of likely N-dealkylation sites (N-methyl/N-ethyl adjacent to an activating group) is 1. The Bertz CT molecular complexity index is 299. The molecule has 1 aromatic carbocycles. The Hall–Kier alpha value is -0.570. The summed E-state index contributed by atoms with van der Waals surface area (Å²) in [5.74, 6) is 0. The van der Waals surface area contributed by atoms with Crippen molar-refractivity contribution in [2.24, 2.45) is 0 Å². The van der Waals surface area contributed by atoms with Gasteiger partial charge in [0.05, 0.1) is 12.6 Å². The van der Waals surface area contributed by atoms with Crippen LogP contribution in [-0.2, 0) is 0 Å². The van der Waals surface area contributed by atoms with E-state index < -0.39 is 0 Å². The predicted molar refractivity (Wildman–Crippen MR) is 64.2 cm³/mol. The lowest BCUT2D eigenvalue weighted by atomic mass is 10.1. The van der Waals surface area contributed by atoms with Gasteiger partial charge in [-0.2, -0.15) is 0 Å². The quantitative estimate of drug-likeness (QED) is 0.836. The molecule has 0 fully saturated rings. The molecule has 0 aliphatic heterocycles. The summed E-state index contributed by atoms with van der Waals surface area (Å²) in [6, 6.07) is 7.70. The Balaban J connectivity index is 2.96. The smallest absolute Gasteiger partial charge is 0.0629 e. The Morgan fingerprint density at radius 2 is 1.87 bits per heavy atom. The highest BCUT2D eigenvalue weighted by molar-refractivity contribution is 6.31. The summed E-state index contributed by atoms with van der Waals surface area (Å²) in [6.45, 7) is 6.09. The minimum Gasteiger partial charge on any atom is -0.394 e. The van der Waals surface area contributed by atoms with Crippen molar-refractivity contribution in [1.82, 2.24) is 4.90 Å². The van der Waals surface area contributed by atoms with Crippen LogP contribution in [0.25, 0.3) is 0 Å². The van der Waals surface area contributed by atoms with Gasteiger partial charge >= 0.3 is 0 Å². The number of aliphatic hydroxyl groups is 1. The Kier molecular flexibility index (Phi) is 5.09. The number of halogens is 1. The molecule has 0 aromatic heterocycles. The zero-order valence-corrected chi connectivity index (χ0v) is 10.0. The Morgan fingerprint density at radius 3 is 2.33 bits per heavy atom. The zero-order chi connectivity index (χ0) is 11.3. The Labute approximate surface area is 96.5 Å². The van der Waals surface area contributed by atoms with E-state index in [0.29, 0.717) is 0 Å². The topological polar surface area (TPSA) is 23.5 Å². The second-order valence-corrected chi connectivity index (χ2v) is 3.85. The van der Waals surface area contributed by atoms with E-state index in [4.69, 9.17) is 11.6 Å². The van der Waals surface area contributed by atoms with Crippen molar-refractivity contribution in [3.63, 3.8) is 0 Å². The number of rotatable bonds is 5. The maximum Gasteiger partial charge on any atom is 0.0629 e. The highest BCUT2D eigenvalue weighted by Gasteiger charge is 2.18. The van der Waals surface area contributed by atoms with Crippen LogP contribution in [0.4, 0.5) is 0 Å². The summed E-state index contributed by atoms with van der Waals surface area (Å²) in [4.78, 5) is 2.20. The third kappa shape index (κ3) is 2.94. The summed E-state index contributed by atoms with van der Waals surface area (Å²) in [7, 11) is 0.